The van der Waals surface area contributed by atoms with E-state index in [0.717, 1.165) is 13.0 Å². The number of hydrogen-bond acceptors (Lipinski definition) is 5. The summed E-state index contributed by atoms with van der Waals surface area (Å²) in [6.45, 7) is 5.17. The minimum Gasteiger partial charge on any atom is -0.465 e. The van der Waals surface area contributed by atoms with Gasteiger partial charge in [-0.1, -0.05) is 13.8 Å². The van der Waals surface area contributed by atoms with Gasteiger partial charge in [-0.25, -0.2) is 9.78 Å². The Morgan fingerprint density at radius 3 is 2.78 bits per heavy atom. The summed E-state index contributed by atoms with van der Waals surface area (Å²) in [6.07, 6.45) is 2.61. The average molecular weight is 251 g/mol. The molecular formula is C13H21N3O2. The zero-order chi connectivity index (χ0) is 13.7. The second-order valence-corrected chi connectivity index (χ2v) is 4.69. The summed E-state index contributed by atoms with van der Waals surface area (Å²) < 4.78 is 4.68. The number of carbonyl (C=O) groups is 1. The highest BCUT2D eigenvalue weighted by Crippen LogP contribution is 2.24. The molecule has 0 saturated heterocycles. The van der Waals surface area contributed by atoms with Crippen LogP contribution in [-0.4, -0.2) is 31.7 Å². The molecule has 100 valence electrons. The Hall–Kier alpha value is -1.78. The van der Waals surface area contributed by atoms with Crippen LogP contribution in [0.3, 0.4) is 0 Å². The number of nitrogen functional groups attached to an aromatic ring is 1. The molecule has 0 aliphatic rings. The summed E-state index contributed by atoms with van der Waals surface area (Å²) in [5.41, 5.74) is 6.69. The van der Waals surface area contributed by atoms with Gasteiger partial charge in [0.25, 0.3) is 0 Å². The van der Waals surface area contributed by atoms with Crippen LogP contribution in [0.4, 0.5) is 11.5 Å². The number of nitrogens with two attached hydrogens (primary N) is 1. The monoisotopic (exact) mass is 251 g/mol. The molecule has 0 aromatic carbocycles. The van der Waals surface area contributed by atoms with Gasteiger partial charge in [-0.15, -0.1) is 0 Å². The number of carbonyl (C=O) groups excluding carboxylic acids is 1. The highest BCUT2D eigenvalue weighted by Gasteiger charge is 2.16. The quantitative estimate of drug-likeness (QED) is 0.810. The first kappa shape index (κ1) is 14.3. The van der Waals surface area contributed by atoms with Crippen molar-refractivity contribution in [3.05, 3.63) is 17.8 Å². The Morgan fingerprint density at radius 1 is 1.56 bits per heavy atom. The maximum absolute atomic E-state index is 11.5. The van der Waals surface area contributed by atoms with Gasteiger partial charge in [-0.05, 0) is 18.4 Å². The molecule has 1 heterocycles. The summed E-state index contributed by atoms with van der Waals surface area (Å²) >= 11 is 0. The molecule has 0 atom stereocenters. The lowest BCUT2D eigenvalue weighted by Crippen LogP contribution is -2.23. The molecule has 0 unspecified atom stereocenters. The van der Waals surface area contributed by atoms with Crippen LogP contribution < -0.4 is 10.6 Å². The van der Waals surface area contributed by atoms with Crippen molar-refractivity contribution >= 4 is 17.5 Å². The van der Waals surface area contributed by atoms with Crippen LogP contribution >= 0.6 is 0 Å². The van der Waals surface area contributed by atoms with Crippen LogP contribution in [0, 0.1) is 5.92 Å². The van der Waals surface area contributed by atoms with E-state index in [1.807, 2.05) is 11.9 Å². The van der Waals surface area contributed by atoms with Crippen molar-refractivity contribution in [3.63, 3.8) is 0 Å². The molecule has 0 amide bonds. The SMILES string of the molecule is COC(=O)c1ccnc(N(C)CCC(C)C)c1N. The number of methoxy groups -OCH3 is 1. The van der Waals surface area contributed by atoms with Crippen LogP contribution in [0.2, 0.25) is 0 Å². The van der Waals surface area contributed by atoms with Crippen molar-refractivity contribution < 1.29 is 9.53 Å². The molecular weight excluding hydrogens is 230 g/mol. The van der Waals surface area contributed by atoms with Crippen molar-refractivity contribution in [2.45, 2.75) is 20.3 Å². The maximum Gasteiger partial charge on any atom is 0.340 e. The fraction of sp³-hybridized carbons (Fsp3) is 0.538. The third kappa shape index (κ3) is 3.35. The summed E-state index contributed by atoms with van der Waals surface area (Å²) in [5, 5.41) is 0. The minimum absolute atomic E-state index is 0.360. The molecule has 0 bridgehead atoms. The number of esters is 1. The summed E-state index contributed by atoms with van der Waals surface area (Å²) in [5.74, 6) is 0.796. The number of anilines is 2. The van der Waals surface area contributed by atoms with E-state index < -0.39 is 5.97 Å². The third-order valence-electron chi connectivity index (χ3n) is 2.78. The van der Waals surface area contributed by atoms with E-state index >= 15 is 0 Å². The fourth-order valence-corrected chi connectivity index (χ4v) is 1.61. The molecule has 0 aliphatic heterocycles. The second kappa shape index (κ2) is 6.23. The maximum atomic E-state index is 11.5. The van der Waals surface area contributed by atoms with E-state index in [1.165, 1.54) is 7.11 Å². The van der Waals surface area contributed by atoms with E-state index in [2.05, 4.69) is 23.6 Å². The van der Waals surface area contributed by atoms with Gasteiger partial charge < -0.3 is 15.4 Å². The molecule has 0 fully saturated rings. The van der Waals surface area contributed by atoms with Crippen LogP contribution in [-0.2, 0) is 4.74 Å². The first-order valence-electron chi connectivity index (χ1n) is 6.01. The van der Waals surface area contributed by atoms with Crippen LogP contribution in [0.25, 0.3) is 0 Å². The molecule has 0 radical (unpaired) electrons. The minimum atomic E-state index is -0.437. The number of aromatic nitrogens is 1. The molecule has 1 aromatic heterocycles. The second-order valence-electron chi connectivity index (χ2n) is 4.69. The van der Waals surface area contributed by atoms with E-state index in [4.69, 9.17) is 5.73 Å². The van der Waals surface area contributed by atoms with E-state index in [9.17, 15) is 4.79 Å². The molecule has 0 spiro atoms. The number of nitrogens with zero attached hydrogens (tertiary/aromatic N) is 2. The van der Waals surface area contributed by atoms with Gasteiger partial charge in [-0.3, -0.25) is 0 Å². The highest BCUT2D eigenvalue weighted by atomic mass is 16.5. The molecule has 1 aromatic rings. The van der Waals surface area contributed by atoms with E-state index in [-0.39, 0.29) is 0 Å². The van der Waals surface area contributed by atoms with Gasteiger partial charge in [0.05, 0.1) is 18.4 Å². The Kier molecular flexibility index (Phi) is 4.95. The van der Waals surface area contributed by atoms with Gasteiger partial charge in [0.15, 0.2) is 5.82 Å². The van der Waals surface area contributed by atoms with Crippen molar-refractivity contribution in [2.75, 3.05) is 31.3 Å². The first-order valence-corrected chi connectivity index (χ1v) is 6.01. The number of rotatable bonds is 5. The first-order chi connectivity index (χ1) is 8.47. The van der Waals surface area contributed by atoms with Crippen molar-refractivity contribution in [2.24, 2.45) is 5.92 Å². The molecule has 18 heavy (non-hydrogen) atoms. The fourth-order valence-electron chi connectivity index (χ4n) is 1.61. The Balaban J connectivity index is 2.92. The summed E-state index contributed by atoms with van der Waals surface area (Å²) in [4.78, 5) is 17.7. The average Bonchev–Trinajstić information content (AvgIpc) is 2.35. The normalized spacial score (nSPS) is 10.5. The van der Waals surface area contributed by atoms with Gasteiger partial charge in [0, 0.05) is 19.8 Å². The lowest BCUT2D eigenvalue weighted by molar-refractivity contribution is 0.0602. The lowest BCUT2D eigenvalue weighted by Gasteiger charge is -2.21. The Bertz CT molecular complexity index is 419. The third-order valence-corrected chi connectivity index (χ3v) is 2.78. The Labute approximate surface area is 108 Å². The van der Waals surface area contributed by atoms with Gasteiger partial charge >= 0.3 is 5.97 Å². The summed E-state index contributed by atoms with van der Waals surface area (Å²) in [6, 6.07) is 1.57. The largest absolute Gasteiger partial charge is 0.465 e. The van der Waals surface area contributed by atoms with Gasteiger partial charge in [-0.2, -0.15) is 0 Å². The van der Waals surface area contributed by atoms with E-state index in [1.54, 1.807) is 12.3 Å². The lowest BCUT2D eigenvalue weighted by atomic mass is 10.1. The number of hydrogen-bond donors (Lipinski definition) is 1. The summed E-state index contributed by atoms with van der Waals surface area (Å²) in [7, 11) is 3.26. The van der Waals surface area contributed by atoms with Gasteiger partial charge in [0.1, 0.15) is 0 Å². The van der Waals surface area contributed by atoms with E-state index in [0.29, 0.717) is 23.0 Å². The van der Waals surface area contributed by atoms with Gasteiger partial charge in [0.2, 0.25) is 0 Å². The zero-order valence-electron chi connectivity index (χ0n) is 11.4. The number of pyridine rings is 1. The zero-order valence-corrected chi connectivity index (χ0v) is 11.4. The standard InChI is InChI=1S/C13H21N3O2/c1-9(2)6-8-16(3)12-11(14)10(5-7-15-12)13(17)18-4/h5,7,9H,6,8,14H2,1-4H3. The van der Waals surface area contributed by atoms with Crippen LogP contribution in [0.5, 0.6) is 0 Å². The van der Waals surface area contributed by atoms with Crippen molar-refractivity contribution in [1.29, 1.82) is 0 Å². The Morgan fingerprint density at radius 2 is 2.22 bits per heavy atom. The smallest absolute Gasteiger partial charge is 0.340 e. The van der Waals surface area contributed by atoms with Crippen LogP contribution in [0.15, 0.2) is 12.3 Å². The molecule has 2 N–H and O–H groups in total. The predicted octanol–water partition coefficient (Wildman–Crippen LogP) is 1.93. The molecule has 0 aliphatic carbocycles. The molecule has 5 heteroatoms. The molecule has 0 saturated carbocycles. The topological polar surface area (TPSA) is 68.5 Å². The van der Waals surface area contributed by atoms with Crippen LogP contribution in [0.1, 0.15) is 30.6 Å². The predicted molar refractivity (Wildman–Crippen MR) is 72.7 cm³/mol. The number of ether oxygens (including phenoxy) is 1. The van der Waals surface area contributed by atoms with Crippen molar-refractivity contribution in [1.82, 2.24) is 4.98 Å². The van der Waals surface area contributed by atoms with Crippen molar-refractivity contribution in [3.8, 4) is 0 Å². The molecule has 5 nitrogen and oxygen atoms in total. The molecule has 1 rings (SSSR count). The highest BCUT2D eigenvalue weighted by molar-refractivity contribution is 5.97.